The molecule has 0 aliphatic carbocycles. The maximum atomic E-state index is 13.3. The van der Waals surface area contributed by atoms with Crippen LogP contribution in [0.4, 0.5) is 10.1 Å². The second-order valence-electron chi connectivity index (χ2n) is 4.27. The van der Waals surface area contributed by atoms with Crippen LogP contribution >= 0.6 is 0 Å². The number of hydrogen-bond acceptors (Lipinski definition) is 3. The van der Waals surface area contributed by atoms with Gasteiger partial charge in [0.15, 0.2) is 11.6 Å². The third-order valence-electron chi connectivity index (χ3n) is 2.70. The summed E-state index contributed by atoms with van der Waals surface area (Å²) in [5.41, 5.74) is 1.01. The van der Waals surface area contributed by atoms with Crippen molar-refractivity contribution in [2.45, 2.75) is 6.42 Å². The first-order valence-corrected chi connectivity index (χ1v) is 6.36. The van der Waals surface area contributed by atoms with E-state index in [1.54, 1.807) is 36.4 Å². The molecule has 0 saturated carbocycles. The lowest BCUT2D eigenvalue weighted by atomic mass is 10.2. The third-order valence-corrected chi connectivity index (χ3v) is 2.70. The van der Waals surface area contributed by atoms with Crippen molar-refractivity contribution >= 4 is 11.6 Å². The van der Waals surface area contributed by atoms with Gasteiger partial charge in [-0.1, -0.05) is 18.2 Å². The Labute approximate surface area is 121 Å². The van der Waals surface area contributed by atoms with Gasteiger partial charge in [0.1, 0.15) is 0 Å². The van der Waals surface area contributed by atoms with E-state index in [1.165, 1.54) is 12.1 Å². The molecule has 0 spiro atoms. The van der Waals surface area contributed by atoms with Crippen LogP contribution in [0.3, 0.4) is 0 Å². The molecule has 0 aromatic heterocycles. The standard InChI is InChI=1S/C16H13FN2O2/c17-14-6-1-2-7-15(14)21-9-8-16(20)19-13-5-3-4-12(10-13)11-18/h1-7,10H,8-9H2,(H,19,20). The van der Waals surface area contributed by atoms with Gasteiger partial charge in [0.05, 0.1) is 24.7 Å². The number of carbonyl (C=O) groups is 1. The fourth-order valence-electron chi connectivity index (χ4n) is 1.71. The number of hydrogen-bond donors (Lipinski definition) is 1. The summed E-state index contributed by atoms with van der Waals surface area (Å²) in [4.78, 5) is 11.7. The first-order chi connectivity index (χ1) is 10.2. The Balaban J connectivity index is 1.83. The zero-order valence-electron chi connectivity index (χ0n) is 11.2. The van der Waals surface area contributed by atoms with Crippen LogP contribution in [-0.4, -0.2) is 12.5 Å². The van der Waals surface area contributed by atoms with Crippen molar-refractivity contribution in [1.82, 2.24) is 0 Å². The highest BCUT2D eigenvalue weighted by molar-refractivity contribution is 5.90. The minimum absolute atomic E-state index is 0.0741. The van der Waals surface area contributed by atoms with Gasteiger partial charge in [-0.05, 0) is 30.3 Å². The number of nitrogens with zero attached hydrogens (tertiary/aromatic N) is 1. The van der Waals surface area contributed by atoms with Crippen molar-refractivity contribution in [2.24, 2.45) is 0 Å². The van der Waals surface area contributed by atoms with Crippen LogP contribution in [-0.2, 0) is 4.79 Å². The average molecular weight is 284 g/mol. The third kappa shape index (κ3) is 4.32. The van der Waals surface area contributed by atoms with Gasteiger partial charge in [-0.3, -0.25) is 4.79 Å². The molecule has 0 unspecified atom stereocenters. The van der Waals surface area contributed by atoms with Crippen LogP contribution in [0.5, 0.6) is 5.75 Å². The molecular formula is C16H13FN2O2. The summed E-state index contributed by atoms with van der Waals surface area (Å²) < 4.78 is 18.5. The number of anilines is 1. The van der Waals surface area contributed by atoms with Gasteiger partial charge < -0.3 is 10.1 Å². The van der Waals surface area contributed by atoms with Crippen molar-refractivity contribution in [3.8, 4) is 11.8 Å². The normalized spacial score (nSPS) is 9.71. The first kappa shape index (κ1) is 14.5. The predicted molar refractivity (Wildman–Crippen MR) is 76.3 cm³/mol. The Hall–Kier alpha value is -2.87. The van der Waals surface area contributed by atoms with E-state index in [0.29, 0.717) is 11.3 Å². The lowest BCUT2D eigenvalue weighted by molar-refractivity contribution is -0.116. The molecule has 0 fully saturated rings. The van der Waals surface area contributed by atoms with Crippen LogP contribution in [0.2, 0.25) is 0 Å². The van der Waals surface area contributed by atoms with E-state index in [4.69, 9.17) is 10.00 Å². The Kier molecular flexibility index (Phi) is 4.89. The summed E-state index contributed by atoms with van der Waals surface area (Å²) in [6, 6.07) is 14.6. The highest BCUT2D eigenvalue weighted by atomic mass is 19.1. The maximum Gasteiger partial charge on any atom is 0.227 e. The lowest BCUT2D eigenvalue weighted by Crippen LogP contribution is -2.15. The molecule has 0 bridgehead atoms. The van der Waals surface area contributed by atoms with E-state index in [2.05, 4.69) is 5.32 Å². The Morgan fingerprint density at radius 1 is 1.24 bits per heavy atom. The fourth-order valence-corrected chi connectivity index (χ4v) is 1.71. The SMILES string of the molecule is N#Cc1cccc(NC(=O)CCOc2ccccc2F)c1. The summed E-state index contributed by atoms with van der Waals surface area (Å²) in [5.74, 6) is -0.599. The Morgan fingerprint density at radius 2 is 2.05 bits per heavy atom. The van der Waals surface area contributed by atoms with Gasteiger partial charge >= 0.3 is 0 Å². The predicted octanol–water partition coefficient (Wildman–Crippen LogP) is 3.10. The van der Waals surface area contributed by atoms with E-state index in [9.17, 15) is 9.18 Å². The molecule has 1 N–H and O–H groups in total. The quantitative estimate of drug-likeness (QED) is 0.917. The summed E-state index contributed by atoms with van der Waals surface area (Å²) in [6.07, 6.45) is 0.0884. The van der Waals surface area contributed by atoms with Crippen molar-refractivity contribution in [2.75, 3.05) is 11.9 Å². The van der Waals surface area contributed by atoms with E-state index in [1.807, 2.05) is 6.07 Å². The van der Waals surface area contributed by atoms with Gasteiger partial charge in [0.25, 0.3) is 0 Å². The van der Waals surface area contributed by atoms with Gasteiger partial charge in [-0.25, -0.2) is 4.39 Å². The number of nitrogens with one attached hydrogen (secondary N) is 1. The van der Waals surface area contributed by atoms with Crippen LogP contribution < -0.4 is 10.1 Å². The molecule has 4 nitrogen and oxygen atoms in total. The number of carbonyl (C=O) groups excluding carboxylic acids is 1. The largest absolute Gasteiger partial charge is 0.490 e. The smallest absolute Gasteiger partial charge is 0.227 e. The number of halogens is 1. The second kappa shape index (κ2) is 7.06. The zero-order valence-corrected chi connectivity index (χ0v) is 11.2. The minimum Gasteiger partial charge on any atom is -0.490 e. The molecule has 0 aliphatic heterocycles. The van der Waals surface area contributed by atoms with Gasteiger partial charge in [-0.15, -0.1) is 0 Å². The van der Waals surface area contributed by atoms with E-state index < -0.39 is 5.82 Å². The lowest BCUT2D eigenvalue weighted by Gasteiger charge is -2.08. The molecule has 2 aromatic rings. The van der Waals surface area contributed by atoms with Crippen LogP contribution in [0.1, 0.15) is 12.0 Å². The average Bonchev–Trinajstić information content (AvgIpc) is 2.49. The highest BCUT2D eigenvalue weighted by Crippen LogP contribution is 2.15. The van der Waals surface area contributed by atoms with E-state index >= 15 is 0 Å². The molecule has 0 aliphatic rings. The van der Waals surface area contributed by atoms with Gasteiger partial charge in [0, 0.05) is 5.69 Å². The number of ether oxygens (including phenoxy) is 1. The summed E-state index contributed by atoms with van der Waals surface area (Å²) in [7, 11) is 0. The Bertz CT molecular complexity index is 680. The molecule has 21 heavy (non-hydrogen) atoms. The fraction of sp³-hybridized carbons (Fsp3) is 0.125. The second-order valence-corrected chi connectivity index (χ2v) is 4.27. The molecule has 5 heteroatoms. The van der Waals surface area contributed by atoms with Crippen molar-refractivity contribution in [1.29, 1.82) is 5.26 Å². The monoisotopic (exact) mass is 284 g/mol. The molecule has 0 saturated heterocycles. The number of benzene rings is 2. The molecule has 1 amide bonds. The van der Waals surface area contributed by atoms with Crippen molar-refractivity contribution in [3.63, 3.8) is 0 Å². The molecule has 0 radical (unpaired) electrons. The maximum absolute atomic E-state index is 13.3. The van der Waals surface area contributed by atoms with E-state index in [0.717, 1.165) is 0 Å². The molecular weight excluding hydrogens is 271 g/mol. The van der Waals surface area contributed by atoms with Gasteiger partial charge in [-0.2, -0.15) is 5.26 Å². The molecule has 0 heterocycles. The number of para-hydroxylation sites is 1. The molecule has 2 rings (SSSR count). The minimum atomic E-state index is -0.459. The van der Waals surface area contributed by atoms with Crippen molar-refractivity contribution < 1.29 is 13.9 Å². The summed E-state index contributed by atoms with van der Waals surface area (Å²) >= 11 is 0. The van der Waals surface area contributed by atoms with Gasteiger partial charge in [0.2, 0.25) is 5.91 Å². The molecule has 0 atom stereocenters. The number of amides is 1. The zero-order chi connectivity index (χ0) is 15.1. The van der Waals surface area contributed by atoms with Crippen LogP contribution in [0.25, 0.3) is 0 Å². The summed E-state index contributed by atoms with van der Waals surface area (Å²) in [6.45, 7) is 0.0741. The van der Waals surface area contributed by atoms with E-state index in [-0.39, 0.29) is 24.7 Å². The van der Waals surface area contributed by atoms with Crippen LogP contribution in [0, 0.1) is 17.1 Å². The van der Waals surface area contributed by atoms with Crippen molar-refractivity contribution in [3.05, 3.63) is 59.9 Å². The Morgan fingerprint density at radius 3 is 2.81 bits per heavy atom. The molecule has 2 aromatic carbocycles. The first-order valence-electron chi connectivity index (χ1n) is 6.36. The number of rotatable bonds is 5. The highest BCUT2D eigenvalue weighted by Gasteiger charge is 2.05. The molecule has 106 valence electrons. The summed E-state index contributed by atoms with van der Waals surface area (Å²) in [5, 5.41) is 11.4. The topological polar surface area (TPSA) is 62.1 Å². The number of nitriles is 1. The van der Waals surface area contributed by atoms with Crippen LogP contribution in [0.15, 0.2) is 48.5 Å².